The van der Waals surface area contributed by atoms with Crippen molar-refractivity contribution in [1.82, 2.24) is 14.5 Å². The minimum Gasteiger partial charge on any atom is -0.497 e. The molecule has 0 unspecified atom stereocenters. The highest BCUT2D eigenvalue weighted by atomic mass is 35.5. The normalized spacial score (nSPS) is 11.0. The molecule has 0 atom stereocenters. The summed E-state index contributed by atoms with van der Waals surface area (Å²) in [6.07, 6.45) is 1.83. The molecule has 4 rings (SSSR count). The highest BCUT2D eigenvalue weighted by molar-refractivity contribution is 6.17. The number of ether oxygens (including phenoxy) is 1. The molecular weight excluding hydrogens is 346 g/mol. The maximum Gasteiger partial charge on any atom is 0.161 e. The van der Waals surface area contributed by atoms with Crippen molar-refractivity contribution in [2.75, 3.05) is 7.11 Å². The van der Waals surface area contributed by atoms with Gasteiger partial charge in [-0.15, -0.1) is 11.6 Å². The van der Waals surface area contributed by atoms with Crippen molar-refractivity contribution < 1.29 is 4.74 Å². The number of imidazole rings is 1. The standard InChI is InChI=1S/C21H18ClN3O/c1-26-18-9-7-15(8-10-18)13-25-14-23-20-17(12-22)11-19(24-21(20)25)16-5-3-2-4-6-16/h2-11,14H,12-13H2,1H3. The summed E-state index contributed by atoms with van der Waals surface area (Å²) in [6.45, 7) is 0.688. The Hall–Kier alpha value is -2.85. The van der Waals surface area contributed by atoms with Crippen LogP contribution in [0.3, 0.4) is 0 Å². The number of rotatable bonds is 5. The van der Waals surface area contributed by atoms with Gasteiger partial charge in [0.1, 0.15) is 11.3 Å². The Labute approximate surface area is 157 Å². The van der Waals surface area contributed by atoms with Crippen LogP contribution in [0, 0.1) is 0 Å². The van der Waals surface area contributed by atoms with E-state index in [0.717, 1.165) is 39.3 Å². The zero-order valence-corrected chi connectivity index (χ0v) is 15.1. The predicted octanol–water partition coefficient (Wildman–Crippen LogP) is 4.89. The van der Waals surface area contributed by atoms with Crippen LogP contribution in [0.25, 0.3) is 22.4 Å². The lowest BCUT2D eigenvalue weighted by Gasteiger charge is -2.08. The molecule has 2 aromatic heterocycles. The van der Waals surface area contributed by atoms with Gasteiger partial charge in [-0.1, -0.05) is 42.5 Å². The van der Waals surface area contributed by atoms with Crippen molar-refractivity contribution in [3.8, 4) is 17.0 Å². The van der Waals surface area contributed by atoms with E-state index in [-0.39, 0.29) is 0 Å². The first-order valence-electron chi connectivity index (χ1n) is 8.37. The fraction of sp³-hybridized carbons (Fsp3) is 0.143. The van der Waals surface area contributed by atoms with Crippen molar-refractivity contribution in [3.05, 3.63) is 78.1 Å². The van der Waals surface area contributed by atoms with Gasteiger partial charge >= 0.3 is 0 Å². The molecule has 26 heavy (non-hydrogen) atoms. The Kier molecular flexibility index (Phi) is 4.59. The maximum atomic E-state index is 6.18. The Morgan fingerprint density at radius 1 is 1.04 bits per heavy atom. The van der Waals surface area contributed by atoms with Crippen LogP contribution in [0.4, 0.5) is 0 Å². The van der Waals surface area contributed by atoms with Gasteiger partial charge in [-0.2, -0.15) is 0 Å². The highest BCUT2D eigenvalue weighted by Gasteiger charge is 2.12. The molecule has 4 nitrogen and oxygen atoms in total. The fourth-order valence-corrected chi connectivity index (χ4v) is 3.21. The molecule has 2 heterocycles. The number of halogens is 1. The number of hydrogen-bond donors (Lipinski definition) is 0. The molecule has 0 aliphatic rings. The van der Waals surface area contributed by atoms with Crippen LogP contribution in [0.1, 0.15) is 11.1 Å². The molecular formula is C21H18ClN3O. The molecule has 0 spiro atoms. The summed E-state index contributed by atoms with van der Waals surface area (Å²) >= 11 is 6.18. The van der Waals surface area contributed by atoms with Gasteiger partial charge in [0.25, 0.3) is 0 Å². The molecule has 0 bridgehead atoms. The summed E-state index contributed by atoms with van der Waals surface area (Å²) in [5.41, 5.74) is 5.82. The third-order valence-electron chi connectivity index (χ3n) is 4.38. The number of benzene rings is 2. The lowest BCUT2D eigenvalue weighted by molar-refractivity contribution is 0.414. The molecule has 0 saturated carbocycles. The number of aromatic nitrogens is 3. The van der Waals surface area contributed by atoms with Crippen LogP contribution in [0.2, 0.25) is 0 Å². The molecule has 0 saturated heterocycles. The molecule has 0 aliphatic heterocycles. The van der Waals surface area contributed by atoms with Crippen molar-refractivity contribution in [2.45, 2.75) is 12.4 Å². The van der Waals surface area contributed by atoms with E-state index in [1.54, 1.807) is 7.11 Å². The second-order valence-corrected chi connectivity index (χ2v) is 6.33. The summed E-state index contributed by atoms with van der Waals surface area (Å²) in [6, 6.07) is 20.2. The Morgan fingerprint density at radius 3 is 2.50 bits per heavy atom. The van der Waals surface area contributed by atoms with E-state index in [9.17, 15) is 0 Å². The third-order valence-corrected chi connectivity index (χ3v) is 4.66. The van der Waals surface area contributed by atoms with Gasteiger partial charge < -0.3 is 9.30 Å². The average Bonchev–Trinajstić information content (AvgIpc) is 3.11. The average molecular weight is 364 g/mol. The molecule has 0 fully saturated rings. The van der Waals surface area contributed by atoms with E-state index in [4.69, 9.17) is 21.3 Å². The summed E-state index contributed by atoms with van der Waals surface area (Å²) in [5, 5.41) is 0. The van der Waals surface area contributed by atoms with E-state index in [2.05, 4.69) is 21.7 Å². The SMILES string of the molecule is COc1ccc(Cn2cnc3c(CCl)cc(-c4ccccc4)nc32)cc1. The number of methoxy groups -OCH3 is 1. The minimum atomic E-state index is 0.401. The molecule has 0 radical (unpaired) electrons. The molecule has 0 amide bonds. The van der Waals surface area contributed by atoms with Gasteiger partial charge in [0.15, 0.2) is 5.65 Å². The van der Waals surface area contributed by atoms with Gasteiger partial charge in [0.2, 0.25) is 0 Å². The first-order chi connectivity index (χ1) is 12.8. The summed E-state index contributed by atoms with van der Waals surface area (Å²) in [4.78, 5) is 9.41. The Bertz CT molecular complexity index is 1030. The van der Waals surface area contributed by atoms with Gasteiger partial charge in [-0.05, 0) is 29.3 Å². The number of alkyl halides is 1. The van der Waals surface area contributed by atoms with Crippen LogP contribution in [-0.4, -0.2) is 21.6 Å². The minimum absolute atomic E-state index is 0.401. The zero-order chi connectivity index (χ0) is 17.9. The van der Waals surface area contributed by atoms with E-state index in [0.29, 0.717) is 12.4 Å². The van der Waals surface area contributed by atoms with Gasteiger partial charge in [0, 0.05) is 11.4 Å². The molecule has 4 aromatic rings. The first-order valence-corrected chi connectivity index (χ1v) is 8.91. The molecule has 5 heteroatoms. The predicted molar refractivity (Wildman–Crippen MR) is 105 cm³/mol. The smallest absolute Gasteiger partial charge is 0.161 e. The van der Waals surface area contributed by atoms with Crippen molar-refractivity contribution in [2.24, 2.45) is 0 Å². The van der Waals surface area contributed by atoms with E-state index in [1.165, 1.54) is 0 Å². The zero-order valence-electron chi connectivity index (χ0n) is 14.4. The first kappa shape index (κ1) is 16.6. The third kappa shape index (κ3) is 3.16. The van der Waals surface area contributed by atoms with Gasteiger partial charge in [0.05, 0.1) is 25.7 Å². The molecule has 0 N–H and O–H groups in total. The van der Waals surface area contributed by atoms with Crippen LogP contribution >= 0.6 is 11.6 Å². The van der Waals surface area contributed by atoms with Gasteiger partial charge in [-0.3, -0.25) is 0 Å². The second-order valence-electron chi connectivity index (χ2n) is 6.06. The second kappa shape index (κ2) is 7.18. The number of nitrogens with zero attached hydrogens (tertiary/aromatic N) is 3. The van der Waals surface area contributed by atoms with Crippen LogP contribution < -0.4 is 4.74 Å². The molecule has 0 aliphatic carbocycles. The Morgan fingerprint density at radius 2 is 1.81 bits per heavy atom. The van der Waals surface area contributed by atoms with Crippen LogP contribution in [0.5, 0.6) is 5.75 Å². The monoisotopic (exact) mass is 363 g/mol. The lowest BCUT2D eigenvalue weighted by atomic mass is 10.1. The Balaban J connectivity index is 1.77. The number of fused-ring (bicyclic) bond motifs is 1. The van der Waals surface area contributed by atoms with E-state index < -0.39 is 0 Å². The lowest BCUT2D eigenvalue weighted by Crippen LogP contribution is -2.00. The molecule has 130 valence electrons. The highest BCUT2D eigenvalue weighted by Crippen LogP contribution is 2.25. The van der Waals surface area contributed by atoms with E-state index >= 15 is 0 Å². The van der Waals surface area contributed by atoms with Gasteiger partial charge in [-0.25, -0.2) is 9.97 Å². The van der Waals surface area contributed by atoms with Crippen molar-refractivity contribution >= 4 is 22.8 Å². The van der Waals surface area contributed by atoms with Crippen molar-refractivity contribution in [3.63, 3.8) is 0 Å². The fourth-order valence-electron chi connectivity index (χ4n) is 3.00. The quantitative estimate of drug-likeness (QED) is 0.474. The van der Waals surface area contributed by atoms with Crippen molar-refractivity contribution in [1.29, 1.82) is 0 Å². The maximum absolute atomic E-state index is 6.18. The van der Waals surface area contributed by atoms with Crippen LogP contribution in [0.15, 0.2) is 67.0 Å². The molecule has 2 aromatic carbocycles. The number of hydrogen-bond acceptors (Lipinski definition) is 3. The number of pyridine rings is 1. The summed E-state index contributed by atoms with van der Waals surface area (Å²) in [5.74, 6) is 1.25. The largest absolute Gasteiger partial charge is 0.497 e. The van der Waals surface area contributed by atoms with Crippen LogP contribution in [-0.2, 0) is 12.4 Å². The van der Waals surface area contributed by atoms with E-state index in [1.807, 2.05) is 54.9 Å². The topological polar surface area (TPSA) is 39.9 Å². The summed E-state index contributed by atoms with van der Waals surface area (Å²) < 4.78 is 7.28. The summed E-state index contributed by atoms with van der Waals surface area (Å²) in [7, 11) is 1.67.